The molecule has 0 unspecified atom stereocenters. The van der Waals surface area contributed by atoms with Crippen molar-refractivity contribution in [3.05, 3.63) is 27.5 Å². The van der Waals surface area contributed by atoms with E-state index in [2.05, 4.69) is 22.2 Å². The van der Waals surface area contributed by atoms with Crippen molar-refractivity contribution in [2.75, 3.05) is 25.5 Å². The van der Waals surface area contributed by atoms with Gasteiger partial charge in [-0.3, -0.25) is 15.1 Å². The average Bonchev–Trinajstić information content (AvgIpc) is 3.14. The second-order valence-electron chi connectivity index (χ2n) is 4.41. The first-order valence-corrected chi connectivity index (χ1v) is 6.19. The van der Waals surface area contributed by atoms with Crippen molar-refractivity contribution in [1.82, 2.24) is 9.88 Å². The molecule has 1 N–H and O–H groups in total. The second-order valence-corrected chi connectivity index (χ2v) is 4.82. The zero-order chi connectivity index (χ0) is 13.1. The van der Waals surface area contributed by atoms with Gasteiger partial charge in [0.05, 0.1) is 9.95 Å². The van der Waals surface area contributed by atoms with E-state index in [4.69, 9.17) is 11.6 Å². The van der Waals surface area contributed by atoms with Gasteiger partial charge in [-0.2, -0.15) is 0 Å². The number of halogens is 1. The van der Waals surface area contributed by atoms with E-state index in [0.717, 1.165) is 6.54 Å². The molecule has 0 saturated heterocycles. The maximum absolute atomic E-state index is 10.8. The summed E-state index contributed by atoms with van der Waals surface area (Å²) in [5.41, 5.74) is 0.262. The van der Waals surface area contributed by atoms with Crippen molar-refractivity contribution in [3.63, 3.8) is 0 Å². The van der Waals surface area contributed by atoms with Gasteiger partial charge in [0.15, 0.2) is 0 Å². The lowest BCUT2D eigenvalue weighted by Gasteiger charge is -2.16. The van der Waals surface area contributed by atoms with Crippen LogP contribution in [0, 0.1) is 10.1 Å². The number of likely N-dealkylation sites (N-methyl/N-ethyl adjacent to an activating group) is 1. The Morgan fingerprint density at radius 2 is 2.33 bits per heavy atom. The van der Waals surface area contributed by atoms with Crippen LogP contribution in [0.15, 0.2) is 12.4 Å². The van der Waals surface area contributed by atoms with Gasteiger partial charge in [-0.05, 0) is 19.9 Å². The summed E-state index contributed by atoms with van der Waals surface area (Å²) < 4.78 is 0. The van der Waals surface area contributed by atoms with E-state index in [0.29, 0.717) is 18.3 Å². The number of pyridine rings is 1. The number of nitro groups is 1. The topological polar surface area (TPSA) is 71.3 Å². The number of anilines is 1. The molecular weight excluding hydrogens is 256 g/mol. The SMILES string of the molecule is CN(CCNc1c(Cl)cncc1[N+](=O)[O-])C1CC1. The molecule has 2 rings (SSSR count). The van der Waals surface area contributed by atoms with Crippen LogP contribution in [-0.4, -0.2) is 41.0 Å². The first kappa shape index (κ1) is 13.0. The van der Waals surface area contributed by atoms with Crippen molar-refractivity contribution in [1.29, 1.82) is 0 Å². The molecule has 6 nitrogen and oxygen atoms in total. The zero-order valence-electron chi connectivity index (χ0n) is 10.1. The molecule has 0 atom stereocenters. The fourth-order valence-electron chi connectivity index (χ4n) is 1.79. The predicted octanol–water partition coefficient (Wildman–Crippen LogP) is 2.15. The highest BCUT2D eigenvalue weighted by atomic mass is 35.5. The highest BCUT2D eigenvalue weighted by molar-refractivity contribution is 6.33. The molecule has 1 fully saturated rings. The van der Waals surface area contributed by atoms with Crippen molar-refractivity contribution in [3.8, 4) is 0 Å². The Hall–Kier alpha value is -1.40. The van der Waals surface area contributed by atoms with Gasteiger partial charge in [0.2, 0.25) is 0 Å². The van der Waals surface area contributed by atoms with E-state index in [1.54, 1.807) is 0 Å². The van der Waals surface area contributed by atoms with Crippen LogP contribution in [0.3, 0.4) is 0 Å². The summed E-state index contributed by atoms with van der Waals surface area (Å²) in [6, 6.07) is 0.676. The number of hydrogen-bond acceptors (Lipinski definition) is 5. The summed E-state index contributed by atoms with van der Waals surface area (Å²) in [5.74, 6) is 0. The minimum absolute atomic E-state index is 0.0865. The summed E-state index contributed by atoms with van der Waals surface area (Å²) in [6.45, 7) is 1.46. The zero-order valence-corrected chi connectivity index (χ0v) is 10.9. The molecule has 1 aliphatic carbocycles. The van der Waals surface area contributed by atoms with Gasteiger partial charge in [0.1, 0.15) is 11.9 Å². The van der Waals surface area contributed by atoms with E-state index in [1.165, 1.54) is 25.2 Å². The smallest absolute Gasteiger partial charge is 0.311 e. The third kappa shape index (κ3) is 3.08. The Labute approximate surface area is 110 Å². The molecule has 0 radical (unpaired) electrons. The van der Waals surface area contributed by atoms with Crippen LogP contribution >= 0.6 is 11.6 Å². The Bertz CT molecular complexity index is 451. The normalized spacial score (nSPS) is 14.8. The molecule has 0 aliphatic heterocycles. The van der Waals surface area contributed by atoms with Gasteiger partial charge in [-0.25, -0.2) is 0 Å². The largest absolute Gasteiger partial charge is 0.377 e. The van der Waals surface area contributed by atoms with Crippen LogP contribution in [-0.2, 0) is 0 Å². The van der Waals surface area contributed by atoms with Crippen LogP contribution in [0.5, 0.6) is 0 Å². The minimum Gasteiger partial charge on any atom is -0.377 e. The summed E-state index contributed by atoms with van der Waals surface area (Å²) >= 11 is 5.92. The van der Waals surface area contributed by atoms with E-state index in [-0.39, 0.29) is 10.7 Å². The molecule has 0 amide bonds. The molecule has 0 bridgehead atoms. The number of nitrogens with one attached hydrogen (secondary N) is 1. The molecule has 18 heavy (non-hydrogen) atoms. The highest BCUT2D eigenvalue weighted by Crippen LogP contribution is 2.30. The van der Waals surface area contributed by atoms with Crippen molar-refractivity contribution >= 4 is 23.0 Å². The lowest BCUT2D eigenvalue weighted by molar-refractivity contribution is -0.384. The number of rotatable bonds is 6. The van der Waals surface area contributed by atoms with E-state index in [9.17, 15) is 10.1 Å². The van der Waals surface area contributed by atoms with Crippen molar-refractivity contribution < 1.29 is 4.92 Å². The Kier molecular flexibility index (Phi) is 3.98. The molecule has 7 heteroatoms. The predicted molar refractivity (Wildman–Crippen MR) is 70.0 cm³/mol. The van der Waals surface area contributed by atoms with Crippen molar-refractivity contribution in [2.45, 2.75) is 18.9 Å². The lowest BCUT2D eigenvalue weighted by atomic mass is 10.3. The average molecular weight is 271 g/mol. The van der Waals surface area contributed by atoms with Crippen LogP contribution in [0.2, 0.25) is 5.02 Å². The summed E-state index contributed by atoms with van der Waals surface area (Å²) in [7, 11) is 2.06. The standard InChI is InChI=1S/C11H15ClN4O2/c1-15(8-2-3-8)5-4-14-11-9(12)6-13-7-10(11)16(17)18/h6-8H,2-5H2,1H3,(H,13,14). The third-order valence-electron chi connectivity index (χ3n) is 3.01. The van der Waals surface area contributed by atoms with Crippen LogP contribution in [0.4, 0.5) is 11.4 Å². The Balaban J connectivity index is 1.97. The van der Waals surface area contributed by atoms with Crippen LogP contribution < -0.4 is 5.32 Å². The molecule has 0 spiro atoms. The Morgan fingerprint density at radius 1 is 1.61 bits per heavy atom. The molecule has 1 aromatic heterocycles. The van der Waals surface area contributed by atoms with E-state index < -0.39 is 4.92 Å². The Morgan fingerprint density at radius 3 is 2.94 bits per heavy atom. The van der Waals surface area contributed by atoms with Gasteiger partial charge < -0.3 is 10.2 Å². The summed E-state index contributed by atoms with van der Waals surface area (Å²) in [4.78, 5) is 16.3. The number of aromatic nitrogens is 1. The fraction of sp³-hybridized carbons (Fsp3) is 0.545. The number of hydrogen-bond donors (Lipinski definition) is 1. The molecular formula is C11H15ClN4O2. The maximum Gasteiger partial charge on any atom is 0.311 e. The van der Waals surface area contributed by atoms with Crippen LogP contribution in [0.1, 0.15) is 12.8 Å². The van der Waals surface area contributed by atoms with Gasteiger partial charge in [0.25, 0.3) is 0 Å². The van der Waals surface area contributed by atoms with Gasteiger partial charge in [-0.1, -0.05) is 11.6 Å². The molecule has 1 saturated carbocycles. The maximum atomic E-state index is 10.8. The van der Waals surface area contributed by atoms with Gasteiger partial charge in [0, 0.05) is 25.3 Å². The number of nitrogens with zero attached hydrogens (tertiary/aromatic N) is 3. The summed E-state index contributed by atoms with van der Waals surface area (Å²) in [6.07, 6.45) is 5.10. The van der Waals surface area contributed by atoms with Crippen molar-refractivity contribution in [2.24, 2.45) is 0 Å². The third-order valence-corrected chi connectivity index (χ3v) is 3.30. The van der Waals surface area contributed by atoms with Gasteiger partial charge >= 0.3 is 5.69 Å². The molecule has 0 aromatic carbocycles. The second kappa shape index (κ2) is 5.49. The molecule has 1 aliphatic rings. The van der Waals surface area contributed by atoms with E-state index >= 15 is 0 Å². The first-order chi connectivity index (χ1) is 8.59. The molecule has 1 heterocycles. The summed E-state index contributed by atoms with van der Waals surface area (Å²) in [5, 5.41) is 14.1. The molecule has 1 aromatic rings. The highest BCUT2D eigenvalue weighted by Gasteiger charge is 2.25. The van der Waals surface area contributed by atoms with Crippen LogP contribution in [0.25, 0.3) is 0 Å². The minimum atomic E-state index is -0.480. The first-order valence-electron chi connectivity index (χ1n) is 5.81. The fourth-order valence-corrected chi connectivity index (χ4v) is 2.01. The van der Waals surface area contributed by atoms with E-state index in [1.807, 2.05) is 0 Å². The monoisotopic (exact) mass is 270 g/mol. The lowest BCUT2D eigenvalue weighted by Crippen LogP contribution is -2.27. The van der Waals surface area contributed by atoms with Gasteiger partial charge in [-0.15, -0.1) is 0 Å². The molecule has 98 valence electrons. The quantitative estimate of drug-likeness (QED) is 0.633.